The molecule has 142 valence electrons. The summed E-state index contributed by atoms with van der Waals surface area (Å²) in [7, 11) is 0. The van der Waals surface area contributed by atoms with Crippen LogP contribution in [0.4, 0.5) is 0 Å². The first kappa shape index (κ1) is 20.9. The first-order chi connectivity index (χ1) is 11.7. The summed E-state index contributed by atoms with van der Waals surface area (Å²) in [6.45, 7) is 9.63. The van der Waals surface area contributed by atoms with Crippen molar-refractivity contribution in [2.45, 2.75) is 114 Å². The average molecular weight is 373 g/mol. The number of nitrogens with zero attached hydrogens (tertiary/aromatic N) is 2. The number of hydrogen-bond acceptors (Lipinski definition) is 4. The highest BCUT2D eigenvalue weighted by Crippen LogP contribution is 2.37. The maximum Gasteiger partial charge on any atom is 0.0768 e. The van der Waals surface area contributed by atoms with Gasteiger partial charge in [0, 0.05) is 25.2 Å². The van der Waals surface area contributed by atoms with E-state index in [2.05, 4.69) is 53.3 Å². The van der Waals surface area contributed by atoms with Crippen molar-refractivity contribution in [2.24, 2.45) is 0 Å². The molecule has 0 aromatic heterocycles. The molecule has 2 aliphatic rings. The summed E-state index contributed by atoms with van der Waals surface area (Å²) in [5.74, 6) is 0. The molecule has 24 heavy (non-hydrogen) atoms. The van der Waals surface area contributed by atoms with Crippen LogP contribution in [-0.4, -0.2) is 38.4 Å². The summed E-state index contributed by atoms with van der Waals surface area (Å²) in [6.07, 6.45) is 16.9. The lowest BCUT2D eigenvalue weighted by Gasteiger charge is -2.38. The van der Waals surface area contributed by atoms with Gasteiger partial charge >= 0.3 is 0 Å². The Morgan fingerprint density at radius 3 is 1.42 bits per heavy atom. The first-order valence-electron chi connectivity index (χ1n) is 10.6. The van der Waals surface area contributed by atoms with Crippen molar-refractivity contribution in [3.8, 4) is 0 Å². The third-order valence-electron chi connectivity index (χ3n) is 5.42. The lowest BCUT2D eigenvalue weighted by atomic mass is 9.95. The second-order valence-corrected chi connectivity index (χ2v) is 10.7. The fourth-order valence-corrected chi connectivity index (χ4v) is 7.14. The van der Waals surface area contributed by atoms with Gasteiger partial charge in [0.1, 0.15) is 0 Å². The van der Waals surface area contributed by atoms with Crippen LogP contribution in [0.2, 0.25) is 0 Å². The molecule has 0 radical (unpaired) electrons. The summed E-state index contributed by atoms with van der Waals surface area (Å²) in [5.41, 5.74) is 0. The molecule has 0 heterocycles. The van der Waals surface area contributed by atoms with Gasteiger partial charge in [0.2, 0.25) is 0 Å². The molecule has 4 heteroatoms. The predicted molar refractivity (Wildman–Crippen MR) is 112 cm³/mol. The van der Waals surface area contributed by atoms with E-state index in [1.165, 1.54) is 90.1 Å². The van der Waals surface area contributed by atoms with Crippen LogP contribution in [-0.2, 0) is 0 Å². The molecular weight excluding hydrogens is 332 g/mol. The molecule has 0 unspecified atom stereocenters. The zero-order chi connectivity index (χ0) is 17.2. The van der Waals surface area contributed by atoms with Crippen LogP contribution < -0.4 is 0 Å². The average Bonchev–Trinajstić information content (AvgIpc) is 2.62. The molecule has 2 saturated carbocycles. The molecule has 0 aromatic rings. The third-order valence-corrected chi connectivity index (χ3v) is 8.03. The Balaban J connectivity index is 1.85. The Morgan fingerprint density at radius 2 is 1.08 bits per heavy atom. The second-order valence-electron chi connectivity index (χ2n) is 7.64. The van der Waals surface area contributed by atoms with Crippen molar-refractivity contribution < 1.29 is 0 Å². The van der Waals surface area contributed by atoms with Gasteiger partial charge in [0.25, 0.3) is 0 Å². The van der Waals surface area contributed by atoms with Gasteiger partial charge in [-0.15, -0.1) is 0 Å². The van der Waals surface area contributed by atoms with E-state index in [-0.39, 0.29) is 0 Å². The lowest BCUT2D eigenvalue weighted by molar-refractivity contribution is 0.269. The second kappa shape index (κ2) is 12.1. The van der Waals surface area contributed by atoms with Crippen molar-refractivity contribution >= 4 is 23.9 Å². The molecular formula is C20H40N2S2. The van der Waals surface area contributed by atoms with Crippen LogP contribution in [0.3, 0.4) is 0 Å². The van der Waals surface area contributed by atoms with E-state index in [0.717, 1.165) is 12.1 Å². The van der Waals surface area contributed by atoms with Crippen molar-refractivity contribution in [1.29, 1.82) is 0 Å². The van der Waals surface area contributed by atoms with Crippen LogP contribution in [0.1, 0.15) is 97.8 Å². The third kappa shape index (κ3) is 7.09. The summed E-state index contributed by atoms with van der Waals surface area (Å²) < 4.78 is 6.15. The van der Waals surface area contributed by atoms with E-state index in [9.17, 15) is 0 Å². The predicted octanol–water partition coefficient (Wildman–Crippen LogP) is 6.72. The minimum absolute atomic E-state index is 0.645. The number of hydrogen-bond donors (Lipinski definition) is 0. The maximum atomic E-state index is 2.75. The van der Waals surface area contributed by atoms with Crippen LogP contribution in [0, 0.1) is 0 Å². The zero-order valence-corrected chi connectivity index (χ0v) is 18.0. The lowest BCUT2D eigenvalue weighted by Crippen LogP contribution is -2.36. The Labute approximate surface area is 160 Å². The molecule has 0 amide bonds. The van der Waals surface area contributed by atoms with E-state index in [1.54, 1.807) is 0 Å². The molecule has 2 aliphatic carbocycles. The molecule has 0 aromatic carbocycles. The van der Waals surface area contributed by atoms with Crippen molar-refractivity contribution in [2.75, 3.05) is 13.1 Å². The largest absolute Gasteiger partial charge is 0.247 e. The van der Waals surface area contributed by atoms with E-state index in [0.29, 0.717) is 4.58 Å². The molecule has 0 N–H and O–H groups in total. The fraction of sp³-hybridized carbons (Fsp3) is 1.00. The van der Waals surface area contributed by atoms with Gasteiger partial charge < -0.3 is 0 Å². The normalized spacial score (nSPS) is 21.2. The van der Waals surface area contributed by atoms with Gasteiger partial charge in [0.05, 0.1) is 4.58 Å². The topological polar surface area (TPSA) is 6.48 Å². The van der Waals surface area contributed by atoms with E-state index < -0.39 is 0 Å². The number of rotatable bonds is 10. The Morgan fingerprint density at radius 1 is 0.708 bits per heavy atom. The van der Waals surface area contributed by atoms with Gasteiger partial charge in [-0.3, -0.25) is 0 Å². The van der Waals surface area contributed by atoms with Crippen LogP contribution in [0.5, 0.6) is 0 Å². The molecule has 0 bridgehead atoms. The molecule has 0 atom stereocenters. The zero-order valence-electron chi connectivity index (χ0n) is 16.3. The van der Waals surface area contributed by atoms with Crippen LogP contribution >= 0.6 is 23.9 Å². The van der Waals surface area contributed by atoms with Crippen molar-refractivity contribution in [3.63, 3.8) is 0 Å². The van der Waals surface area contributed by atoms with E-state index in [1.807, 2.05) is 0 Å². The van der Waals surface area contributed by atoms with Gasteiger partial charge in [-0.05, 0) is 45.4 Å². The molecule has 2 nitrogen and oxygen atoms in total. The minimum atomic E-state index is 0.645. The SMILES string of the molecule is CCCN(SC(C)SN(CCC)C1CCCCC1)C1CCCCC1. The summed E-state index contributed by atoms with van der Waals surface area (Å²) >= 11 is 4.30. The van der Waals surface area contributed by atoms with Crippen molar-refractivity contribution in [3.05, 3.63) is 0 Å². The molecule has 0 aliphatic heterocycles. The highest BCUT2D eigenvalue weighted by Gasteiger charge is 2.26. The Hall–Kier alpha value is 0.620. The monoisotopic (exact) mass is 372 g/mol. The van der Waals surface area contributed by atoms with Crippen LogP contribution in [0.25, 0.3) is 0 Å². The smallest absolute Gasteiger partial charge is 0.0768 e. The molecule has 2 fully saturated rings. The van der Waals surface area contributed by atoms with E-state index >= 15 is 0 Å². The maximum absolute atomic E-state index is 2.75. The minimum Gasteiger partial charge on any atom is -0.247 e. The van der Waals surface area contributed by atoms with Crippen molar-refractivity contribution in [1.82, 2.24) is 8.61 Å². The summed E-state index contributed by atoms with van der Waals surface area (Å²) in [4.78, 5) is 0. The van der Waals surface area contributed by atoms with Gasteiger partial charge in [-0.25, -0.2) is 8.61 Å². The molecule has 2 rings (SSSR count). The summed E-state index contributed by atoms with van der Waals surface area (Å²) in [5, 5.41) is 0. The van der Waals surface area contributed by atoms with Gasteiger partial charge in [-0.1, -0.05) is 76.3 Å². The standard InChI is InChI=1S/C20H40N2S2/c1-4-16-21(19-12-8-6-9-13-19)23-18(3)24-22(17-5-2)20-14-10-7-11-15-20/h18-20H,4-17H2,1-3H3. The van der Waals surface area contributed by atoms with Gasteiger partial charge in [-0.2, -0.15) is 0 Å². The van der Waals surface area contributed by atoms with Crippen LogP contribution in [0.15, 0.2) is 0 Å². The first-order valence-corrected chi connectivity index (χ1v) is 12.3. The fourth-order valence-electron chi connectivity index (χ4n) is 4.22. The quantitative estimate of drug-likeness (QED) is 0.310. The molecule has 0 saturated heterocycles. The Bertz CT molecular complexity index is 285. The summed E-state index contributed by atoms with van der Waals surface area (Å²) in [6, 6.07) is 1.67. The van der Waals surface area contributed by atoms with Gasteiger partial charge in [0.15, 0.2) is 0 Å². The highest BCUT2D eigenvalue weighted by molar-refractivity contribution is 8.14. The molecule has 0 spiro atoms. The van der Waals surface area contributed by atoms with E-state index in [4.69, 9.17) is 0 Å². The Kier molecular flexibility index (Phi) is 10.5. The highest BCUT2D eigenvalue weighted by atomic mass is 32.2.